The molecule has 1 atom stereocenters. The first-order valence-electron chi connectivity index (χ1n) is 9.31. The Balaban J connectivity index is 1.90. The molecular formula is C20H32O3. The molecule has 0 aliphatic heterocycles. The van der Waals surface area contributed by atoms with Crippen LogP contribution in [-0.4, -0.2) is 11.9 Å². The van der Waals surface area contributed by atoms with Crippen LogP contribution in [0.5, 0.6) is 5.75 Å². The number of hydrogen-bond acceptors (Lipinski definition) is 3. The van der Waals surface area contributed by atoms with Crippen LogP contribution in [0.3, 0.4) is 0 Å². The molecule has 23 heavy (non-hydrogen) atoms. The summed E-state index contributed by atoms with van der Waals surface area (Å²) in [4.78, 5) is 4.87. The highest BCUT2D eigenvalue weighted by Crippen LogP contribution is 2.40. The third-order valence-electron chi connectivity index (χ3n) is 5.11. The summed E-state index contributed by atoms with van der Waals surface area (Å²) in [5.74, 6) is 2.18. The Labute approximate surface area is 140 Å². The molecule has 0 spiro atoms. The van der Waals surface area contributed by atoms with Gasteiger partial charge in [-0.05, 0) is 48.8 Å². The van der Waals surface area contributed by atoms with Crippen LogP contribution in [0.2, 0.25) is 0 Å². The number of unbranched alkanes of at least 4 members (excludes halogenated alkanes) is 1. The van der Waals surface area contributed by atoms with E-state index in [2.05, 4.69) is 13.8 Å². The van der Waals surface area contributed by atoms with E-state index in [0.717, 1.165) is 49.5 Å². The number of benzene rings is 1. The summed E-state index contributed by atoms with van der Waals surface area (Å²) in [7, 11) is 0. The molecule has 1 aliphatic rings. The monoisotopic (exact) mass is 320 g/mol. The van der Waals surface area contributed by atoms with Gasteiger partial charge in [-0.3, -0.25) is 5.26 Å². The van der Waals surface area contributed by atoms with Crippen LogP contribution in [0.1, 0.15) is 76.9 Å². The fourth-order valence-electron chi connectivity index (χ4n) is 3.70. The lowest BCUT2D eigenvalue weighted by molar-refractivity contribution is -0.296. The molecule has 0 radical (unpaired) electrons. The van der Waals surface area contributed by atoms with E-state index in [-0.39, 0.29) is 6.10 Å². The van der Waals surface area contributed by atoms with Gasteiger partial charge in [0.15, 0.2) is 0 Å². The molecule has 1 N–H and O–H groups in total. The van der Waals surface area contributed by atoms with Crippen molar-refractivity contribution in [2.75, 3.05) is 6.61 Å². The van der Waals surface area contributed by atoms with E-state index in [1.807, 2.05) is 24.3 Å². The Morgan fingerprint density at radius 2 is 1.74 bits per heavy atom. The number of hydrogen-bond donors (Lipinski definition) is 1. The van der Waals surface area contributed by atoms with E-state index < -0.39 is 0 Å². The average molecular weight is 320 g/mol. The van der Waals surface area contributed by atoms with Crippen LogP contribution in [0, 0.1) is 11.8 Å². The maximum absolute atomic E-state index is 9.41. The van der Waals surface area contributed by atoms with Crippen LogP contribution in [0.15, 0.2) is 24.3 Å². The highest BCUT2D eigenvalue weighted by molar-refractivity contribution is 5.29. The molecule has 2 rings (SSSR count). The van der Waals surface area contributed by atoms with Crippen LogP contribution < -0.4 is 4.74 Å². The molecule has 130 valence electrons. The Kier molecular flexibility index (Phi) is 7.90. The van der Waals surface area contributed by atoms with Crippen LogP contribution in [0.25, 0.3) is 0 Å². The Bertz CT molecular complexity index is 421. The maximum Gasteiger partial charge on any atom is 0.120 e. The molecule has 1 aromatic carbocycles. The summed E-state index contributed by atoms with van der Waals surface area (Å²) < 4.78 is 5.70. The first-order chi connectivity index (χ1) is 11.3. The highest BCUT2D eigenvalue weighted by atomic mass is 17.1. The van der Waals surface area contributed by atoms with Gasteiger partial charge in [-0.1, -0.05) is 58.1 Å². The van der Waals surface area contributed by atoms with Gasteiger partial charge >= 0.3 is 0 Å². The quantitative estimate of drug-likeness (QED) is 0.344. The zero-order valence-electron chi connectivity index (χ0n) is 14.7. The minimum atomic E-state index is -0.206. The lowest BCUT2D eigenvalue weighted by Crippen LogP contribution is -2.22. The minimum absolute atomic E-state index is 0.206. The lowest BCUT2D eigenvalue weighted by Gasteiger charge is -2.32. The first-order valence-corrected chi connectivity index (χ1v) is 9.31. The Morgan fingerprint density at radius 1 is 1.04 bits per heavy atom. The van der Waals surface area contributed by atoms with Gasteiger partial charge in [0.1, 0.15) is 11.9 Å². The van der Waals surface area contributed by atoms with Crippen molar-refractivity contribution in [3.05, 3.63) is 29.8 Å². The molecule has 3 heteroatoms. The predicted molar refractivity (Wildman–Crippen MR) is 93.7 cm³/mol. The highest BCUT2D eigenvalue weighted by Gasteiger charge is 2.29. The topological polar surface area (TPSA) is 38.7 Å². The van der Waals surface area contributed by atoms with Gasteiger partial charge in [-0.25, -0.2) is 4.89 Å². The van der Waals surface area contributed by atoms with Gasteiger partial charge in [-0.15, -0.1) is 0 Å². The second-order valence-electron chi connectivity index (χ2n) is 6.87. The maximum atomic E-state index is 9.41. The van der Waals surface area contributed by atoms with Crippen molar-refractivity contribution in [2.45, 2.75) is 71.3 Å². The smallest absolute Gasteiger partial charge is 0.120 e. The molecule has 0 aromatic heterocycles. The van der Waals surface area contributed by atoms with E-state index >= 15 is 0 Å². The summed E-state index contributed by atoms with van der Waals surface area (Å²) in [6.07, 6.45) is 9.42. The number of rotatable bonds is 9. The molecule has 1 saturated carbocycles. The largest absolute Gasteiger partial charge is 0.494 e. The van der Waals surface area contributed by atoms with Crippen molar-refractivity contribution in [1.82, 2.24) is 0 Å². The van der Waals surface area contributed by atoms with E-state index in [1.54, 1.807) is 0 Å². The Morgan fingerprint density at radius 3 is 2.30 bits per heavy atom. The molecule has 0 saturated heterocycles. The van der Waals surface area contributed by atoms with Crippen molar-refractivity contribution < 1.29 is 14.9 Å². The minimum Gasteiger partial charge on any atom is -0.494 e. The van der Waals surface area contributed by atoms with E-state index in [9.17, 15) is 5.26 Å². The van der Waals surface area contributed by atoms with Crippen molar-refractivity contribution in [3.8, 4) is 5.75 Å². The van der Waals surface area contributed by atoms with E-state index in [4.69, 9.17) is 9.62 Å². The zero-order valence-corrected chi connectivity index (χ0v) is 14.7. The summed E-state index contributed by atoms with van der Waals surface area (Å²) in [6, 6.07) is 8.03. The SMILES string of the molecule is CCCCOc1ccc(C(OO)C2CCC(CCC)CC2)cc1. The third-order valence-corrected chi connectivity index (χ3v) is 5.11. The summed E-state index contributed by atoms with van der Waals surface area (Å²) in [6.45, 7) is 5.18. The third kappa shape index (κ3) is 5.50. The van der Waals surface area contributed by atoms with E-state index in [1.165, 1.54) is 25.7 Å². The van der Waals surface area contributed by atoms with Crippen molar-refractivity contribution >= 4 is 0 Å². The summed E-state index contributed by atoms with van der Waals surface area (Å²) in [5, 5.41) is 9.41. The average Bonchev–Trinajstić information content (AvgIpc) is 2.59. The molecule has 1 unspecified atom stereocenters. The standard InChI is InChI=1S/C20H32O3/c1-3-5-15-22-19-13-11-18(12-14-19)20(23-21)17-9-7-16(6-4-2)8-10-17/h11-14,16-17,20-21H,3-10,15H2,1-2H3. The molecule has 0 heterocycles. The van der Waals surface area contributed by atoms with Gasteiger partial charge < -0.3 is 4.74 Å². The zero-order chi connectivity index (χ0) is 16.5. The van der Waals surface area contributed by atoms with E-state index in [0.29, 0.717) is 5.92 Å². The van der Waals surface area contributed by atoms with Crippen LogP contribution >= 0.6 is 0 Å². The normalized spacial score (nSPS) is 22.7. The van der Waals surface area contributed by atoms with Gasteiger partial charge in [0.25, 0.3) is 0 Å². The van der Waals surface area contributed by atoms with Gasteiger partial charge in [0, 0.05) is 0 Å². The molecule has 1 aliphatic carbocycles. The fourth-order valence-corrected chi connectivity index (χ4v) is 3.70. The number of ether oxygens (including phenoxy) is 1. The predicted octanol–water partition coefficient (Wildman–Crippen LogP) is 6.00. The van der Waals surface area contributed by atoms with Gasteiger partial charge in [-0.2, -0.15) is 0 Å². The van der Waals surface area contributed by atoms with Crippen molar-refractivity contribution in [1.29, 1.82) is 0 Å². The second kappa shape index (κ2) is 9.94. The van der Waals surface area contributed by atoms with Crippen LogP contribution in [0.4, 0.5) is 0 Å². The van der Waals surface area contributed by atoms with Crippen molar-refractivity contribution in [3.63, 3.8) is 0 Å². The fraction of sp³-hybridized carbons (Fsp3) is 0.700. The molecule has 0 bridgehead atoms. The Hall–Kier alpha value is -1.06. The molecule has 3 nitrogen and oxygen atoms in total. The van der Waals surface area contributed by atoms with Crippen LogP contribution in [-0.2, 0) is 4.89 Å². The van der Waals surface area contributed by atoms with Gasteiger partial charge in [0.2, 0.25) is 0 Å². The first kappa shape index (κ1) is 18.3. The molecule has 1 aromatic rings. The molecule has 1 fully saturated rings. The molecular weight excluding hydrogens is 288 g/mol. The molecule has 0 amide bonds. The second-order valence-corrected chi connectivity index (χ2v) is 6.87. The van der Waals surface area contributed by atoms with Gasteiger partial charge in [0.05, 0.1) is 6.61 Å². The summed E-state index contributed by atoms with van der Waals surface area (Å²) in [5.41, 5.74) is 1.05. The van der Waals surface area contributed by atoms with Crippen molar-refractivity contribution in [2.24, 2.45) is 11.8 Å². The summed E-state index contributed by atoms with van der Waals surface area (Å²) >= 11 is 0. The lowest BCUT2D eigenvalue weighted by atomic mass is 9.76.